The summed E-state index contributed by atoms with van der Waals surface area (Å²) in [6, 6.07) is 14.0. The SMILES string of the molecule is Cc1ccc(C(O)=C2C(=O)C(=O)N(CCCCCC(=O)O)[C@H]2c2ccc(C)cc2)cc1. The predicted molar refractivity (Wildman–Crippen MR) is 117 cm³/mol. The summed E-state index contributed by atoms with van der Waals surface area (Å²) in [6.45, 7) is 4.20. The van der Waals surface area contributed by atoms with Crippen molar-refractivity contribution in [1.29, 1.82) is 0 Å². The Kier molecular flexibility index (Phi) is 6.90. The summed E-state index contributed by atoms with van der Waals surface area (Å²) in [5, 5.41) is 19.8. The van der Waals surface area contributed by atoms with E-state index in [0.29, 0.717) is 31.4 Å². The van der Waals surface area contributed by atoms with Crippen LogP contribution in [0.1, 0.15) is 54.0 Å². The number of aliphatic hydroxyl groups is 1. The number of Topliss-reactive ketones (excluding diaryl/α,β-unsaturated/α-hetero) is 1. The molecule has 6 heteroatoms. The number of amides is 1. The maximum Gasteiger partial charge on any atom is 0.303 e. The topological polar surface area (TPSA) is 94.9 Å². The zero-order valence-electron chi connectivity index (χ0n) is 17.8. The van der Waals surface area contributed by atoms with Gasteiger partial charge in [-0.1, -0.05) is 66.1 Å². The summed E-state index contributed by atoms with van der Waals surface area (Å²) in [6.07, 6.45) is 1.80. The molecule has 0 radical (unpaired) electrons. The normalized spacial score (nSPS) is 17.9. The Morgan fingerprint density at radius 2 is 1.45 bits per heavy atom. The van der Waals surface area contributed by atoms with Crippen LogP contribution in [0.4, 0.5) is 0 Å². The molecule has 0 unspecified atom stereocenters. The number of ketones is 1. The van der Waals surface area contributed by atoms with Crippen molar-refractivity contribution in [2.75, 3.05) is 6.54 Å². The molecule has 1 heterocycles. The summed E-state index contributed by atoms with van der Waals surface area (Å²) in [5.41, 5.74) is 3.40. The first-order chi connectivity index (χ1) is 14.8. The molecule has 2 N–H and O–H groups in total. The van der Waals surface area contributed by atoms with Gasteiger partial charge >= 0.3 is 5.97 Å². The van der Waals surface area contributed by atoms with E-state index in [1.54, 1.807) is 12.1 Å². The number of carboxylic acids is 1. The van der Waals surface area contributed by atoms with E-state index in [0.717, 1.165) is 16.7 Å². The average molecular weight is 421 g/mol. The molecule has 1 aliphatic heterocycles. The highest BCUT2D eigenvalue weighted by Gasteiger charge is 2.45. The minimum Gasteiger partial charge on any atom is -0.507 e. The first-order valence-electron chi connectivity index (χ1n) is 10.4. The molecule has 2 aromatic carbocycles. The van der Waals surface area contributed by atoms with Gasteiger partial charge in [0.05, 0.1) is 11.6 Å². The number of aliphatic carboxylic acids is 1. The Morgan fingerprint density at radius 3 is 2.03 bits per heavy atom. The molecule has 1 aliphatic rings. The molecule has 0 aliphatic carbocycles. The second kappa shape index (κ2) is 9.60. The summed E-state index contributed by atoms with van der Waals surface area (Å²) in [5.74, 6) is -2.37. The molecule has 31 heavy (non-hydrogen) atoms. The number of rotatable bonds is 8. The lowest BCUT2D eigenvalue weighted by Gasteiger charge is -2.25. The fourth-order valence-electron chi connectivity index (χ4n) is 3.81. The Labute approximate surface area is 181 Å². The Hall–Kier alpha value is -3.41. The molecular weight excluding hydrogens is 394 g/mol. The highest BCUT2D eigenvalue weighted by Crippen LogP contribution is 2.39. The number of benzene rings is 2. The molecule has 162 valence electrons. The van der Waals surface area contributed by atoms with Crippen molar-refractivity contribution in [2.45, 2.75) is 45.6 Å². The Bertz CT molecular complexity index is 1010. The fraction of sp³-hybridized carbons (Fsp3) is 0.320. The van der Waals surface area contributed by atoms with Gasteiger partial charge in [0.15, 0.2) is 0 Å². The van der Waals surface area contributed by atoms with Crippen LogP contribution in [0.15, 0.2) is 54.1 Å². The summed E-state index contributed by atoms with van der Waals surface area (Å²) >= 11 is 0. The first kappa shape index (κ1) is 22.3. The first-order valence-corrected chi connectivity index (χ1v) is 10.4. The average Bonchev–Trinajstić information content (AvgIpc) is 2.99. The van der Waals surface area contributed by atoms with E-state index < -0.39 is 23.7 Å². The number of hydrogen-bond acceptors (Lipinski definition) is 4. The highest BCUT2D eigenvalue weighted by atomic mass is 16.4. The number of aryl methyl sites for hydroxylation is 2. The van der Waals surface area contributed by atoms with E-state index in [1.807, 2.05) is 50.2 Å². The molecule has 1 fully saturated rings. The third-order valence-corrected chi connectivity index (χ3v) is 5.55. The van der Waals surface area contributed by atoms with Gasteiger partial charge in [-0.15, -0.1) is 0 Å². The number of nitrogens with zero attached hydrogens (tertiary/aromatic N) is 1. The third-order valence-electron chi connectivity index (χ3n) is 5.55. The van der Waals surface area contributed by atoms with E-state index in [4.69, 9.17) is 5.11 Å². The quantitative estimate of drug-likeness (QED) is 0.286. The Morgan fingerprint density at radius 1 is 0.871 bits per heavy atom. The second-order valence-electron chi connectivity index (χ2n) is 7.97. The molecule has 2 aromatic rings. The lowest BCUT2D eigenvalue weighted by Crippen LogP contribution is -2.30. The lowest BCUT2D eigenvalue weighted by molar-refractivity contribution is -0.140. The zero-order chi connectivity index (χ0) is 22.5. The van der Waals surface area contributed by atoms with Gasteiger partial charge in [0, 0.05) is 18.5 Å². The second-order valence-corrected chi connectivity index (χ2v) is 7.97. The molecule has 0 bridgehead atoms. The monoisotopic (exact) mass is 421 g/mol. The lowest BCUT2D eigenvalue weighted by atomic mass is 9.94. The van der Waals surface area contributed by atoms with Crippen LogP contribution in [0.3, 0.4) is 0 Å². The molecule has 1 saturated heterocycles. The highest BCUT2D eigenvalue weighted by molar-refractivity contribution is 6.46. The van der Waals surface area contributed by atoms with E-state index in [2.05, 4.69) is 0 Å². The van der Waals surface area contributed by atoms with Gasteiger partial charge in [-0.25, -0.2) is 0 Å². The number of aliphatic hydroxyl groups excluding tert-OH is 1. The maximum atomic E-state index is 12.9. The van der Waals surface area contributed by atoms with Gasteiger partial charge in [-0.3, -0.25) is 14.4 Å². The van der Waals surface area contributed by atoms with Crippen molar-refractivity contribution in [3.8, 4) is 0 Å². The third kappa shape index (κ3) is 5.02. The summed E-state index contributed by atoms with van der Waals surface area (Å²) < 4.78 is 0. The van der Waals surface area contributed by atoms with Crippen molar-refractivity contribution in [3.63, 3.8) is 0 Å². The fourth-order valence-corrected chi connectivity index (χ4v) is 3.81. The van der Waals surface area contributed by atoms with Crippen LogP contribution in [0.2, 0.25) is 0 Å². The van der Waals surface area contributed by atoms with Crippen LogP contribution in [0.5, 0.6) is 0 Å². The molecule has 1 atom stereocenters. The summed E-state index contributed by atoms with van der Waals surface area (Å²) in [4.78, 5) is 38.0. The molecule has 0 saturated carbocycles. The largest absolute Gasteiger partial charge is 0.507 e. The van der Waals surface area contributed by atoms with E-state index in [-0.39, 0.29) is 17.8 Å². The number of carbonyl (C=O) groups excluding carboxylic acids is 2. The molecule has 3 rings (SSSR count). The smallest absolute Gasteiger partial charge is 0.303 e. The molecule has 6 nitrogen and oxygen atoms in total. The van der Waals surface area contributed by atoms with Crippen LogP contribution in [-0.2, 0) is 14.4 Å². The van der Waals surface area contributed by atoms with E-state index in [9.17, 15) is 19.5 Å². The predicted octanol–water partition coefficient (Wildman–Crippen LogP) is 4.37. The standard InChI is InChI=1S/C25H27NO5/c1-16-7-11-18(12-8-16)22-21(23(29)19-13-9-17(2)10-14-19)24(30)25(31)26(22)15-5-3-4-6-20(27)28/h7-14,22,29H,3-6,15H2,1-2H3,(H,27,28)/t22-/m0/s1. The maximum absolute atomic E-state index is 12.9. The molecule has 1 amide bonds. The number of carboxylic acid groups (broad SMARTS) is 1. The van der Waals surface area contributed by atoms with Crippen molar-refractivity contribution >= 4 is 23.4 Å². The van der Waals surface area contributed by atoms with Crippen LogP contribution >= 0.6 is 0 Å². The van der Waals surface area contributed by atoms with Crippen LogP contribution in [-0.4, -0.2) is 39.3 Å². The van der Waals surface area contributed by atoms with Crippen molar-refractivity contribution in [2.24, 2.45) is 0 Å². The summed E-state index contributed by atoms with van der Waals surface area (Å²) in [7, 11) is 0. The van der Waals surface area contributed by atoms with E-state index in [1.165, 1.54) is 4.90 Å². The minimum atomic E-state index is -0.849. The van der Waals surface area contributed by atoms with Gasteiger partial charge in [0.25, 0.3) is 11.7 Å². The zero-order valence-corrected chi connectivity index (χ0v) is 17.8. The minimum absolute atomic E-state index is 0.0770. The number of unbranched alkanes of at least 4 members (excludes halogenated alkanes) is 2. The van der Waals surface area contributed by atoms with Crippen LogP contribution in [0.25, 0.3) is 5.76 Å². The van der Waals surface area contributed by atoms with Crippen LogP contribution < -0.4 is 0 Å². The van der Waals surface area contributed by atoms with Crippen molar-refractivity contribution in [1.82, 2.24) is 4.90 Å². The Balaban J connectivity index is 1.96. The van der Waals surface area contributed by atoms with Gasteiger partial charge < -0.3 is 15.1 Å². The van der Waals surface area contributed by atoms with Gasteiger partial charge in [-0.2, -0.15) is 0 Å². The van der Waals surface area contributed by atoms with E-state index >= 15 is 0 Å². The van der Waals surface area contributed by atoms with Crippen LogP contribution in [0, 0.1) is 13.8 Å². The molecular formula is C25H27NO5. The number of likely N-dealkylation sites (tertiary alicyclic amines) is 1. The van der Waals surface area contributed by atoms with Gasteiger partial charge in [0.2, 0.25) is 0 Å². The molecule has 0 aromatic heterocycles. The number of carbonyl (C=O) groups is 3. The van der Waals surface area contributed by atoms with Gasteiger partial charge in [-0.05, 0) is 32.3 Å². The van der Waals surface area contributed by atoms with Gasteiger partial charge in [0.1, 0.15) is 5.76 Å². The van der Waals surface area contributed by atoms with Crippen molar-refractivity contribution in [3.05, 3.63) is 76.4 Å². The number of hydrogen-bond donors (Lipinski definition) is 2. The molecule has 0 spiro atoms. The van der Waals surface area contributed by atoms with Crippen molar-refractivity contribution < 1.29 is 24.6 Å².